The molecular weight excluding hydrogens is 215 g/mol. The Morgan fingerprint density at radius 2 is 2.06 bits per heavy atom. The van der Waals surface area contributed by atoms with Gasteiger partial charge in [-0.3, -0.25) is 0 Å². The van der Waals surface area contributed by atoms with Crippen molar-refractivity contribution in [2.75, 3.05) is 25.0 Å². The van der Waals surface area contributed by atoms with Gasteiger partial charge in [-0.1, -0.05) is 6.07 Å². The number of rotatable bonds is 2. The molecule has 3 heterocycles. The minimum absolute atomic E-state index is 0.115. The molecule has 4 rings (SSSR count). The molecule has 3 aliphatic heterocycles. The number of benzene rings is 1. The highest BCUT2D eigenvalue weighted by molar-refractivity contribution is 5.52. The number of piperidine rings is 3. The van der Waals surface area contributed by atoms with E-state index in [1.54, 1.807) is 6.07 Å². The lowest BCUT2D eigenvalue weighted by atomic mass is 9.84. The Hall–Kier alpha value is -1.09. The van der Waals surface area contributed by atoms with Gasteiger partial charge in [0.2, 0.25) is 0 Å². The molecule has 1 N–H and O–H groups in total. The van der Waals surface area contributed by atoms with Gasteiger partial charge < -0.3 is 10.2 Å². The molecule has 1 aromatic carbocycles. The Morgan fingerprint density at radius 3 is 2.71 bits per heavy atom. The van der Waals surface area contributed by atoms with E-state index in [0.717, 1.165) is 23.7 Å². The van der Waals surface area contributed by atoms with Crippen molar-refractivity contribution in [3.8, 4) is 0 Å². The molecule has 3 fully saturated rings. The number of hydrogen-bond acceptors (Lipinski definition) is 2. The van der Waals surface area contributed by atoms with E-state index in [1.165, 1.54) is 32.0 Å². The van der Waals surface area contributed by atoms with Crippen molar-refractivity contribution in [1.82, 2.24) is 4.90 Å². The Morgan fingerprint density at radius 1 is 1.29 bits per heavy atom. The summed E-state index contributed by atoms with van der Waals surface area (Å²) >= 11 is 0. The molecule has 92 valence electrons. The van der Waals surface area contributed by atoms with Crippen LogP contribution >= 0.6 is 0 Å². The molecule has 2 nitrogen and oxygen atoms in total. The first-order chi connectivity index (χ1) is 8.24. The second-order valence-electron chi connectivity index (χ2n) is 5.30. The van der Waals surface area contributed by atoms with Crippen molar-refractivity contribution in [2.45, 2.75) is 25.8 Å². The molecule has 1 aromatic rings. The van der Waals surface area contributed by atoms with Crippen LogP contribution in [0.4, 0.5) is 10.1 Å². The number of nitrogens with zero attached hydrogens (tertiary/aromatic N) is 1. The molecule has 0 radical (unpaired) electrons. The number of nitrogens with one attached hydrogen (secondary N) is 1. The molecule has 0 aliphatic carbocycles. The molecular formula is C14H19FN2. The molecule has 3 heteroatoms. The van der Waals surface area contributed by atoms with Crippen molar-refractivity contribution >= 4 is 5.69 Å². The summed E-state index contributed by atoms with van der Waals surface area (Å²) in [5.74, 6) is 0.652. The van der Waals surface area contributed by atoms with Gasteiger partial charge in [-0.15, -0.1) is 0 Å². The molecule has 0 amide bonds. The van der Waals surface area contributed by atoms with Crippen LogP contribution in [0, 0.1) is 18.7 Å². The van der Waals surface area contributed by atoms with E-state index in [4.69, 9.17) is 0 Å². The molecule has 17 heavy (non-hydrogen) atoms. The Balaban J connectivity index is 1.76. The van der Waals surface area contributed by atoms with Gasteiger partial charge >= 0.3 is 0 Å². The van der Waals surface area contributed by atoms with E-state index in [9.17, 15) is 4.39 Å². The van der Waals surface area contributed by atoms with Crippen LogP contribution in [-0.2, 0) is 0 Å². The highest BCUT2D eigenvalue weighted by Gasteiger charge is 2.34. The third-order valence-corrected chi connectivity index (χ3v) is 4.26. The van der Waals surface area contributed by atoms with Gasteiger partial charge in [-0.05, 0) is 50.9 Å². The zero-order chi connectivity index (χ0) is 11.8. The standard InChI is InChI=1S/C14H19FN2/c1-10-12(15)3-2-4-13(10)16-14-9-17-7-5-11(14)6-8-17/h2-4,11,14,16H,5-9H2,1H3. The van der Waals surface area contributed by atoms with Crippen LogP contribution in [0.1, 0.15) is 18.4 Å². The summed E-state index contributed by atoms with van der Waals surface area (Å²) in [5.41, 5.74) is 1.70. The van der Waals surface area contributed by atoms with E-state index in [0.29, 0.717) is 6.04 Å². The summed E-state index contributed by atoms with van der Waals surface area (Å²) < 4.78 is 13.5. The highest BCUT2D eigenvalue weighted by Crippen LogP contribution is 2.30. The molecule has 1 unspecified atom stereocenters. The fourth-order valence-corrected chi connectivity index (χ4v) is 3.09. The van der Waals surface area contributed by atoms with Gasteiger partial charge in [0.05, 0.1) is 0 Å². The highest BCUT2D eigenvalue weighted by atomic mass is 19.1. The molecule has 3 saturated heterocycles. The largest absolute Gasteiger partial charge is 0.380 e. The lowest BCUT2D eigenvalue weighted by Crippen LogP contribution is -2.53. The van der Waals surface area contributed by atoms with Crippen molar-refractivity contribution in [3.05, 3.63) is 29.6 Å². The second kappa shape index (κ2) is 4.30. The van der Waals surface area contributed by atoms with Gasteiger partial charge in [0.15, 0.2) is 0 Å². The molecule has 1 atom stereocenters. The minimum Gasteiger partial charge on any atom is -0.380 e. The van der Waals surface area contributed by atoms with Gasteiger partial charge in [0.1, 0.15) is 5.82 Å². The van der Waals surface area contributed by atoms with Crippen LogP contribution in [0.3, 0.4) is 0 Å². The fraction of sp³-hybridized carbons (Fsp3) is 0.571. The summed E-state index contributed by atoms with van der Waals surface area (Å²) in [6.07, 6.45) is 2.57. The van der Waals surface area contributed by atoms with Crippen LogP contribution in [-0.4, -0.2) is 30.6 Å². The van der Waals surface area contributed by atoms with Crippen molar-refractivity contribution in [2.24, 2.45) is 5.92 Å². The zero-order valence-corrected chi connectivity index (χ0v) is 10.2. The number of anilines is 1. The summed E-state index contributed by atoms with van der Waals surface area (Å²) in [5, 5.41) is 3.54. The average Bonchev–Trinajstić information content (AvgIpc) is 2.36. The predicted molar refractivity (Wildman–Crippen MR) is 67.7 cm³/mol. The summed E-state index contributed by atoms with van der Waals surface area (Å²) in [4.78, 5) is 2.51. The molecule has 2 bridgehead atoms. The first kappa shape index (κ1) is 11.0. The third-order valence-electron chi connectivity index (χ3n) is 4.26. The van der Waals surface area contributed by atoms with Crippen LogP contribution in [0.15, 0.2) is 18.2 Å². The summed E-state index contributed by atoms with van der Waals surface area (Å²) in [7, 11) is 0. The maximum absolute atomic E-state index is 13.5. The number of fused-ring (bicyclic) bond motifs is 3. The van der Waals surface area contributed by atoms with Gasteiger partial charge in [-0.2, -0.15) is 0 Å². The summed E-state index contributed by atoms with van der Waals surface area (Å²) in [6, 6.07) is 5.79. The lowest BCUT2D eigenvalue weighted by Gasteiger charge is -2.45. The average molecular weight is 234 g/mol. The van der Waals surface area contributed by atoms with E-state index in [2.05, 4.69) is 10.2 Å². The first-order valence-corrected chi connectivity index (χ1v) is 6.48. The first-order valence-electron chi connectivity index (χ1n) is 6.48. The smallest absolute Gasteiger partial charge is 0.128 e. The maximum atomic E-state index is 13.5. The van der Waals surface area contributed by atoms with Gasteiger partial charge in [0.25, 0.3) is 0 Å². The van der Waals surface area contributed by atoms with Gasteiger partial charge in [0, 0.05) is 23.8 Å². The van der Waals surface area contributed by atoms with Crippen LogP contribution in [0.5, 0.6) is 0 Å². The van der Waals surface area contributed by atoms with Crippen molar-refractivity contribution in [1.29, 1.82) is 0 Å². The zero-order valence-electron chi connectivity index (χ0n) is 10.2. The molecule has 0 saturated carbocycles. The van der Waals surface area contributed by atoms with Crippen molar-refractivity contribution < 1.29 is 4.39 Å². The minimum atomic E-state index is -0.115. The fourth-order valence-electron chi connectivity index (χ4n) is 3.09. The third kappa shape index (κ3) is 2.04. The number of halogens is 1. The van der Waals surface area contributed by atoms with E-state index >= 15 is 0 Å². The van der Waals surface area contributed by atoms with E-state index < -0.39 is 0 Å². The Kier molecular flexibility index (Phi) is 2.79. The molecule has 3 aliphatic rings. The SMILES string of the molecule is Cc1c(F)cccc1NC1CN2CCC1CC2. The van der Waals surface area contributed by atoms with Crippen LogP contribution < -0.4 is 5.32 Å². The van der Waals surface area contributed by atoms with E-state index in [1.807, 2.05) is 13.0 Å². The Labute approximate surface area is 102 Å². The summed E-state index contributed by atoms with van der Waals surface area (Å²) in [6.45, 7) is 5.44. The quantitative estimate of drug-likeness (QED) is 0.846. The maximum Gasteiger partial charge on any atom is 0.128 e. The number of hydrogen-bond donors (Lipinski definition) is 1. The normalized spacial score (nSPS) is 31.5. The second-order valence-corrected chi connectivity index (χ2v) is 5.30. The molecule has 0 spiro atoms. The topological polar surface area (TPSA) is 15.3 Å². The predicted octanol–water partition coefficient (Wildman–Crippen LogP) is 2.64. The van der Waals surface area contributed by atoms with Gasteiger partial charge in [-0.25, -0.2) is 4.39 Å². The monoisotopic (exact) mass is 234 g/mol. The lowest BCUT2D eigenvalue weighted by molar-refractivity contribution is 0.0975. The van der Waals surface area contributed by atoms with Crippen molar-refractivity contribution in [3.63, 3.8) is 0 Å². The molecule has 0 aromatic heterocycles. The Bertz CT molecular complexity index is 411. The van der Waals surface area contributed by atoms with Crippen LogP contribution in [0.2, 0.25) is 0 Å². The van der Waals surface area contributed by atoms with Crippen LogP contribution in [0.25, 0.3) is 0 Å². The van der Waals surface area contributed by atoms with E-state index in [-0.39, 0.29) is 5.82 Å².